The Morgan fingerprint density at radius 3 is 0.784 bits per heavy atom. The zero-order valence-electron chi connectivity index (χ0n) is 50.9. The number of rotatable bonds is 65. The van der Waals surface area contributed by atoms with Crippen LogP contribution in [-0.2, 0) is 4.79 Å². The van der Waals surface area contributed by atoms with E-state index in [9.17, 15) is 15.0 Å². The number of nitrogens with one attached hydrogen (secondary N) is 1. The Kier molecular flexibility index (Phi) is 65.1. The molecule has 0 aliphatic heterocycles. The molecule has 1 amide bonds. The van der Waals surface area contributed by atoms with E-state index in [0.717, 1.165) is 32.1 Å². The molecule has 0 heterocycles. The molecule has 0 bridgehead atoms. The lowest BCUT2D eigenvalue weighted by molar-refractivity contribution is -0.123. The molecule has 2 atom stereocenters. The fourth-order valence-electron chi connectivity index (χ4n) is 11.2. The van der Waals surface area contributed by atoms with Gasteiger partial charge in [-0.25, -0.2) is 0 Å². The average molecular weight is 1040 g/mol. The molecule has 2 unspecified atom stereocenters. The standard InChI is InChI=1S/C70H137NO3/c1-3-5-7-9-11-13-15-17-19-21-23-25-26-27-28-29-30-31-32-33-34-35-36-37-38-39-40-41-42-43-44-46-48-50-52-54-56-58-60-62-64-66-70(74)71-68(67-72)69(73)65-63-61-59-57-55-53-51-49-47-45-24-22-20-18-16-14-12-10-8-6-4-2/h55,57,63,65,68-69,72-73H,3-54,56,58-62,64,66-67H2,1-2H3,(H,71,74)/b57-55+,65-63+. The molecule has 0 saturated carbocycles. The first kappa shape index (κ1) is 72.9. The van der Waals surface area contributed by atoms with E-state index in [4.69, 9.17) is 0 Å². The van der Waals surface area contributed by atoms with Crippen LogP contribution in [0.3, 0.4) is 0 Å². The van der Waals surface area contributed by atoms with E-state index in [1.807, 2.05) is 6.08 Å². The Morgan fingerprint density at radius 2 is 0.527 bits per heavy atom. The smallest absolute Gasteiger partial charge is 0.220 e. The van der Waals surface area contributed by atoms with E-state index >= 15 is 0 Å². The first-order valence-electron chi connectivity index (χ1n) is 34.6. The summed E-state index contributed by atoms with van der Waals surface area (Å²) >= 11 is 0. The van der Waals surface area contributed by atoms with E-state index in [-0.39, 0.29) is 12.5 Å². The largest absolute Gasteiger partial charge is 0.394 e. The van der Waals surface area contributed by atoms with Crippen molar-refractivity contribution in [3.05, 3.63) is 24.3 Å². The molecule has 3 N–H and O–H groups in total. The normalized spacial score (nSPS) is 12.8. The Hall–Kier alpha value is -1.13. The first-order chi connectivity index (χ1) is 36.7. The Balaban J connectivity index is 3.38. The van der Waals surface area contributed by atoms with Crippen LogP contribution < -0.4 is 5.32 Å². The number of aliphatic hydroxyl groups is 2. The Morgan fingerprint density at radius 1 is 0.311 bits per heavy atom. The lowest BCUT2D eigenvalue weighted by Crippen LogP contribution is -2.45. The molecule has 0 aromatic heterocycles. The maximum absolute atomic E-state index is 12.5. The molecule has 0 aliphatic rings. The molecule has 0 aromatic carbocycles. The predicted octanol–water partition coefficient (Wildman–Crippen LogP) is 23.4. The van der Waals surface area contributed by atoms with Crippen molar-refractivity contribution in [2.45, 2.75) is 411 Å². The zero-order chi connectivity index (χ0) is 53.4. The highest BCUT2D eigenvalue weighted by molar-refractivity contribution is 5.76. The van der Waals surface area contributed by atoms with E-state index in [2.05, 4.69) is 31.3 Å². The van der Waals surface area contributed by atoms with Gasteiger partial charge in [-0.15, -0.1) is 0 Å². The topological polar surface area (TPSA) is 69.6 Å². The Bertz CT molecular complexity index is 1090. The number of amides is 1. The van der Waals surface area contributed by atoms with E-state index < -0.39 is 12.1 Å². The van der Waals surface area contributed by atoms with Crippen LogP contribution in [0.5, 0.6) is 0 Å². The number of hydrogen-bond donors (Lipinski definition) is 3. The summed E-state index contributed by atoms with van der Waals surface area (Å²) < 4.78 is 0. The maximum atomic E-state index is 12.5. The van der Waals surface area contributed by atoms with Gasteiger partial charge in [-0.05, 0) is 32.1 Å². The number of aliphatic hydroxyl groups excluding tert-OH is 2. The van der Waals surface area contributed by atoms with Crippen LogP contribution in [0.15, 0.2) is 24.3 Å². The molecule has 440 valence electrons. The van der Waals surface area contributed by atoms with Gasteiger partial charge in [0.25, 0.3) is 0 Å². The van der Waals surface area contributed by atoms with Crippen molar-refractivity contribution in [1.82, 2.24) is 5.32 Å². The van der Waals surface area contributed by atoms with Gasteiger partial charge in [0.1, 0.15) is 0 Å². The van der Waals surface area contributed by atoms with Crippen molar-refractivity contribution in [3.63, 3.8) is 0 Å². The quantitative estimate of drug-likeness (QED) is 0.0420. The average Bonchev–Trinajstić information content (AvgIpc) is 3.40. The minimum atomic E-state index is -0.860. The molecule has 4 heteroatoms. The summed E-state index contributed by atoms with van der Waals surface area (Å²) in [7, 11) is 0. The van der Waals surface area contributed by atoms with Crippen molar-refractivity contribution in [2.24, 2.45) is 0 Å². The van der Waals surface area contributed by atoms with Crippen LogP contribution >= 0.6 is 0 Å². The second-order valence-corrected chi connectivity index (χ2v) is 24.0. The maximum Gasteiger partial charge on any atom is 0.220 e. The molecule has 0 saturated heterocycles. The number of carbonyl (C=O) groups is 1. The summed E-state index contributed by atoms with van der Waals surface area (Å²) in [5.74, 6) is -0.0648. The minimum Gasteiger partial charge on any atom is -0.394 e. The van der Waals surface area contributed by atoms with Crippen LogP contribution in [0.4, 0.5) is 0 Å². The van der Waals surface area contributed by atoms with Gasteiger partial charge in [-0.1, -0.05) is 385 Å². The van der Waals surface area contributed by atoms with Crippen molar-refractivity contribution >= 4 is 5.91 Å². The number of carbonyl (C=O) groups excluding carboxylic acids is 1. The Labute approximate surface area is 466 Å². The van der Waals surface area contributed by atoms with E-state index in [1.165, 1.54) is 347 Å². The molecular weight excluding hydrogens is 903 g/mol. The third-order valence-electron chi connectivity index (χ3n) is 16.4. The van der Waals surface area contributed by atoms with Gasteiger partial charge in [-0.2, -0.15) is 0 Å². The number of allylic oxidation sites excluding steroid dienone is 3. The molecule has 0 rings (SSSR count). The zero-order valence-corrected chi connectivity index (χ0v) is 50.9. The summed E-state index contributed by atoms with van der Waals surface area (Å²) in [6.45, 7) is 4.35. The van der Waals surface area contributed by atoms with Gasteiger partial charge < -0.3 is 15.5 Å². The third-order valence-corrected chi connectivity index (χ3v) is 16.4. The monoisotopic (exact) mass is 1040 g/mol. The first-order valence-corrected chi connectivity index (χ1v) is 34.6. The fraction of sp³-hybridized carbons (Fsp3) is 0.929. The minimum absolute atomic E-state index is 0.0648. The van der Waals surface area contributed by atoms with E-state index in [0.29, 0.717) is 6.42 Å². The van der Waals surface area contributed by atoms with Gasteiger partial charge in [0.05, 0.1) is 18.8 Å². The van der Waals surface area contributed by atoms with Crippen LogP contribution in [0, 0.1) is 0 Å². The second kappa shape index (κ2) is 66.2. The van der Waals surface area contributed by atoms with Crippen molar-refractivity contribution in [3.8, 4) is 0 Å². The van der Waals surface area contributed by atoms with Gasteiger partial charge in [0.2, 0.25) is 5.91 Å². The summed E-state index contributed by atoms with van der Waals surface area (Å²) in [5, 5.41) is 23.2. The molecule has 74 heavy (non-hydrogen) atoms. The molecule has 4 nitrogen and oxygen atoms in total. The van der Waals surface area contributed by atoms with Crippen molar-refractivity contribution in [1.29, 1.82) is 0 Å². The highest BCUT2D eigenvalue weighted by Gasteiger charge is 2.18. The van der Waals surface area contributed by atoms with Crippen LogP contribution in [-0.4, -0.2) is 34.9 Å². The van der Waals surface area contributed by atoms with Gasteiger partial charge in [0, 0.05) is 6.42 Å². The second-order valence-electron chi connectivity index (χ2n) is 24.0. The molecule has 0 aliphatic carbocycles. The molecular formula is C70H137NO3. The number of unbranched alkanes of at least 4 members (excludes halogenated alkanes) is 56. The SMILES string of the molecule is CCCCCCCCCCCCCCCCC/C=C/CC/C=C/C(O)C(CO)NC(=O)CCCCCCCCCCCCCCCCCCCCCCCCCCCCCCCCCCCCCCCCCCC. The summed E-state index contributed by atoms with van der Waals surface area (Å²) in [6.07, 6.45) is 90.0. The molecule has 0 aromatic rings. The summed E-state index contributed by atoms with van der Waals surface area (Å²) in [6, 6.07) is -0.637. The van der Waals surface area contributed by atoms with Crippen LogP contribution in [0.2, 0.25) is 0 Å². The van der Waals surface area contributed by atoms with E-state index in [1.54, 1.807) is 6.08 Å². The highest BCUT2D eigenvalue weighted by atomic mass is 16.3. The van der Waals surface area contributed by atoms with Gasteiger partial charge in [0.15, 0.2) is 0 Å². The third kappa shape index (κ3) is 61.7. The predicted molar refractivity (Wildman–Crippen MR) is 332 cm³/mol. The van der Waals surface area contributed by atoms with Gasteiger partial charge in [-0.3, -0.25) is 4.79 Å². The van der Waals surface area contributed by atoms with Crippen molar-refractivity contribution in [2.75, 3.05) is 6.61 Å². The molecule has 0 spiro atoms. The summed E-state index contributed by atoms with van der Waals surface area (Å²) in [4.78, 5) is 12.5. The van der Waals surface area contributed by atoms with Crippen LogP contribution in [0.1, 0.15) is 399 Å². The molecule has 0 fully saturated rings. The molecule has 0 radical (unpaired) electrons. The van der Waals surface area contributed by atoms with Crippen molar-refractivity contribution < 1.29 is 15.0 Å². The van der Waals surface area contributed by atoms with Crippen LogP contribution in [0.25, 0.3) is 0 Å². The summed E-state index contributed by atoms with van der Waals surface area (Å²) in [5.41, 5.74) is 0. The fourth-order valence-corrected chi connectivity index (χ4v) is 11.2. The number of hydrogen-bond acceptors (Lipinski definition) is 3. The van der Waals surface area contributed by atoms with Gasteiger partial charge >= 0.3 is 0 Å². The lowest BCUT2D eigenvalue weighted by Gasteiger charge is -2.19. The highest BCUT2D eigenvalue weighted by Crippen LogP contribution is 2.19. The lowest BCUT2D eigenvalue weighted by atomic mass is 10.0.